The van der Waals surface area contributed by atoms with Crippen LogP contribution in [-0.4, -0.2) is 96.3 Å². The second-order valence-electron chi connectivity index (χ2n) is 14.7. The SMILES string of the molecule is CCC[C@@H](C)[C@H]1CC[C@H]2[C@@H]3[C@H](OCCOP(=O)(O)OCCO)C[C@@H]4C[C@H](O)CC[C@]4(C)[C@H]3C[C@H](OCCOP(=O)(O)OCCO)[C@]12C. The van der Waals surface area contributed by atoms with Crippen LogP contribution in [0.15, 0.2) is 0 Å². The lowest BCUT2D eigenvalue weighted by atomic mass is 9.43. The first-order chi connectivity index (χ1) is 22.2. The number of fused-ring (bicyclic) bond motifs is 5. The second-order valence-corrected chi connectivity index (χ2v) is 17.6. The van der Waals surface area contributed by atoms with E-state index in [1.54, 1.807) is 0 Å². The predicted molar refractivity (Wildman–Crippen MR) is 173 cm³/mol. The van der Waals surface area contributed by atoms with E-state index >= 15 is 0 Å². The Morgan fingerprint density at radius 3 is 1.98 bits per heavy atom. The van der Waals surface area contributed by atoms with E-state index in [2.05, 4.69) is 27.7 Å². The minimum Gasteiger partial charge on any atom is -0.394 e. The van der Waals surface area contributed by atoms with Gasteiger partial charge in [0.1, 0.15) is 0 Å². The summed E-state index contributed by atoms with van der Waals surface area (Å²) in [6.45, 7) is 7.92. The fourth-order valence-electron chi connectivity index (χ4n) is 10.2. The molecule has 0 saturated heterocycles. The molecule has 0 amide bonds. The first-order valence-electron chi connectivity index (χ1n) is 17.6. The minimum absolute atomic E-state index is 0.0231. The Bertz CT molecular complexity index is 1080. The smallest absolute Gasteiger partial charge is 0.394 e. The Balaban J connectivity index is 1.58. The number of hydrogen-bond acceptors (Lipinski definition) is 11. The number of ether oxygens (including phenoxy) is 2. The van der Waals surface area contributed by atoms with Crippen molar-refractivity contribution in [2.45, 2.75) is 104 Å². The van der Waals surface area contributed by atoms with E-state index in [1.165, 1.54) is 0 Å². The maximum atomic E-state index is 12.2. The van der Waals surface area contributed by atoms with E-state index in [1.807, 2.05) is 0 Å². The maximum Gasteiger partial charge on any atom is 0.472 e. The molecular weight excluding hydrogens is 654 g/mol. The fourth-order valence-corrected chi connectivity index (χ4v) is 11.6. The van der Waals surface area contributed by atoms with E-state index in [4.69, 9.17) is 37.8 Å². The predicted octanol–water partition coefficient (Wildman–Crippen LogP) is 4.68. The number of aliphatic hydroxyl groups excluding tert-OH is 3. The third-order valence-electron chi connectivity index (χ3n) is 12.2. The molecule has 2 unspecified atom stereocenters. The molecule has 15 heteroatoms. The van der Waals surface area contributed by atoms with Crippen LogP contribution in [-0.2, 0) is 36.7 Å². The van der Waals surface area contributed by atoms with Crippen LogP contribution in [0, 0.1) is 46.3 Å². The quantitative estimate of drug-likeness (QED) is 0.0916. The standard InChI is InChI=1S/C32H60O13P2/c1-5-6-22(2)25-7-8-26-30-27(21-29(32(25,26)4)41-16-18-45-47(38,39)43-14-12-34)31(3)10-9-24(35)19-23(31)20-28(30)40-15-17-44-46(36,37)42-13-11-33/h22-30,33-35H,5-21H2,1-4H3,(H,36,37)(H,38,39)/t22-,23+,24-,25-,26+,27+,28-,29+,30+,31+,32-/m1/s1. The summed E-state index contributed by atoms with van der Waals surface area (Å²) in [7, 11) is -8.59. The van der Waals surface area contributed by atoms with Gasteiger partial charge >= 0.3 is 15.6 Å². The summed E-state index contributed by atoms with van der Waals surface area (Å²) in [6, 6.07) is 0. The van der Waals surface area contributed by atoms with Gasteiger partial charge in [0.05, 0.1) is 71.2 Å². The Hall–Kier alpha value is 0.0200. The third kappa shape index (κ3) is 9.28. The highest BCUT2D eigenvalue weighted by molar-refractivity contribution is 7.47. The van der Waals surface area contributed by atoms with Crippen molar-refractivity contribution in [1.29, 1.82) is 0 Å². The van der Waals surface area contributed by atoms with Gasteiger partial charge in [-0.1, -0.05) is 40.5 Å². The summed E-state index contributed by atoms with van der Waals surface area (Å²) >= 11 is 0. The molecule has 0 spiro atoms. The Morgan fingerprint density at radius 1 is 0.787 bits per heavy atom. The molecule has 0 aliphatic heterocycles. The lowest BCUT2D eigenvalue weighted by molar-refractivity contribution is -0.227. The van der Waals surface area contributed by atoms with Crippen molar-refractivity contribution in [2.75, 3.05) is 52.9 Å². The minimum atomic E-state index is -4.30. The average molecular weight is 715 g/mol. The lowest BCUT2D eigenvalue weighted by Crippen LogP contribution is -2.63. The highest BCUT2D eigenvalue weighted by Gasteiger charge is 2.66. The summed E-state index contributed by atoms with van der Waals surface area (Å²) in [6.07, 6.45) is 7.69. The molecule has 0 bridgehead atoms. The molecule has 276 valence electrons. The first kappa shape index (κ1) is 39.8. The fraction of sp³-hybridized carbons (Fsp3) is 1.00. The van der Waals surface area contributed by atoms with E-state index in [0.717, 1.165) is 51.4 Å². The molecule has 47 heavy (non-hydrogen) atoms. The molecule has 0 aromatic heterocycles. The Morgan fingerprint density at radius 2 is 1.38 bits per heavy atom. The molecule has 0 aromatic rings. The maximum absolute atomic E-state index is 12.2. The first-order valence-corrected chi connectivity index (χ1v) is 20.6. The lowest BCUT2D eigenvalue weighted by Gasteiger charge is -2.64. The zero-order chi connectivity index (χ0) is 34.5. The molecule has 0 aromatic carbocycles. The molecule has 4 aliphatic rings. The van der Waals surface area contributed by atoms with E-state index in [-0.39, 0.29) is 93.1 Å². The summed E-state index contributed by atoms with van der Waals surface area (Å²) in [5.41, 5.74) is -0.203. The highest BCUT2D eigenvalue weighted by atomic mass is 31.2. The zero-order valence-corrected chi connectivity index (χ0v) is 30.4. The van der Waals surface area contributed by atoms with Crippen LogP contribution in [0.1, 0.15) is 85.5 Å². The Kier molecular flexibility index (Phi) is 14.4. The van der Waals surface area contributed by atoms with Crippen LogP contribution < -0.4 is 0 Å². The van der Waals surface area contributed by atoms with Crippen molar-refractivity contribution in [1.82, 2.24) is 0 Å². The van der Waals surface area contributed by atoms with Crippen molar-refractivity contribution in [3.8, 4) is 0 Å². The molecule has 4 aliphatic carbocycles. The average Bonchev–Trinajstić information content (AvgIpc) is 3.38. The van der Waals surface area contributed by atoms with E-state index < -0.39 is 22.3 Å². The van der Waals surface area contributed by atoms with Crippen LogP contribution >= 0.6 is 15.6 Å². The van der Waals surface area contributed by atoms with Crippen molar-refractivity contribution >= 4 is 15.6 Å². The van der Waals surface area contributed by atoms with Crippen molar-refractivity contribution in [2.24, 2.45) is 46.3 Å². The van der Waals surface area contributed by atoms with Crippen molar-refractivity contribution < 1.29 is 61.8 Å². The molecule has 0 radical (unpaired) electrons. The van der Waals surface area contributed by atoms with Gasteiger partial charge in [0.2, 0.25) is 0 Å². The van der Waals surface area contributed by atoms with Crippen LogP contribution in [0.2, 0.25) is 0 Å². The van der Waals surface area contributed by atoms with Gasteiger partial charge in [-0.15, -0.1) is 0 Å². The van der Waals surface area contributed by atoms with Gasteiger partial charge < -0.3 is 34.6 Å². The number of hydrogen-bond donors (Lipinski definition) is 5. The van der Waals surface area contributed by atoms with Crippen LogP contribution in [0.4, 0.5) is 0 Å². The number of rotatable bonds is 19. The highest BCUT2D eigenvalue weighted by Crippen LogP contribution is 2.69. The third-order valence-corrected chi connectivity index (χ3v) is 14.3. The Labute approximate surface area is 280 Å². The monoisotopic (exact) mass is 714 g/mol. The number of aliphatic hydroxyl groups is 3. The molecule has 4 saturated carbocycles. The number of phosphoric ester groups is 2. The molecule has 5 N–H and O–H groups in total. The van der Waals surface area contributed by atoms with Gasteiger partial charge in [-0.2, -0.15) is 0 Å². The summed E-state index contributed by atoms with van der Waals surface area (Å²) in [5, 5.41) is 28.6. The molecule has 13 nitrogen and oxygen atoms in total. The second kappa shape index (κ2) is 17.0. The largest absolute Gasteiger partial charge is 0.472 e. The van der Waals surface area contributed by atoms with Gasteiger partial charge in [0.15, 0.2) is 0 Å². The molecule has 13 atom stereocenters. The normalized spacial score (nSPS) is 40.1. The van der Waals surface area contributed by atoms with Gasteiger partial charge in [0.25, 0.3) is 0 Å². The summed E-state index contributed by atoms with van der Waals surface area (Å²) in [4.78, 5) is 19.9. The van der Waals surface area contributed by atoms with E-state index in [0.29, 0.717) is 24.2 Å². The van der Waals surface area contributed by atoms with Gasteiger partial charge in [-0.3, -0.25) is 18.1 Å². The van der Waals surface area contributed by atoms with Gasteiger partial charge in [-0.05, 0) is 85.9 Å². The van der Waals surface area contributed by atoms with E-state index in [9.17, 15) is 24.0 Å². The summed E-state index contributed by atoms with van der Waals surface area (Å²) < 4.78 is 57.4. The van der Waals surface area contributed by atoms with Gasteiger partial charge in [-0.25, -0.2) is 9.13 Å². The topological polar surface area (TPSA) is 191 Å². The molecular formula is C32H60O13P2. The zero-order valence-electron chi connectivity index (χ0n) is 28.6. The molecule has 0 heterocycles. The van der Waals surface area contributed by atoms with Crippen LogP contribution in [0.3, 0.4) is 0 Å². The van der Waals surface area contributed by atoms with Gasteiger partial charge in [0, 0.05) is 5.41 Å². The van der Waals surface area contributed by atoms with Crippen LogP contribution in [0.25, 0.3) is 0 Å². The summed E-state index contributed by atoms with van der Waals surface area (Å²) in [5.74, 6) is 1.91. The van der Waals surface area contributed by atoms with Crippen molar-refractivity contribution in [3.05, 3.63) is 0 Å². The molecule has 4 rings (SSSR count). The number of phosphoric acid groups is 2. The van der Waals surface area contributed by atoms with Crippen LogP contribution in [0.5, 0.6) is 0 Å². The molecule has 4 fully saturated rings. The van der Waals surface area contributed by atoms with Crippen molar-refractivity contribution in [3.63, 3.8) is 0 Å².